The minimum Gasteiger partial charge on any atom is -0.383 e. The molecule has 0 heterocycles. The number of hydrogen-bond donors (Lipinski definition) is 3. The molecule has 0 aliphatic heterocycles. The Hall–Kier alpha value is -1.87. The summed E-state index contributed by atoms with van der Waals surface area (Å²) in [5.41, 5.74) is 0.950. The highest BCUT2D eigenvalue weighted by atomic mass is 35.5. The molecule has 2 aromatic carbocycles. The zero-order valence-electron chi connectivity index (χ0n) is 13.5. The van der Waals surface area contributed by atoms with Crippen LogP contribution in [0.4, 0.5) is 11.4 Å². The van der Waals surface area contributed by atoms with E-state index in [1.807, 2.05) is 0 Å². The predicted octanol–water partition coefficient (Wildman–Crippen LogP) is 3.07. The van der Waals surface area contributed by atoms with Gasteiger partial charge >= 0.3 is 0 Å². The zero-order valence-corrected chi connectivity index (χ0v) is 15.8. The maximum atomic E-state index is 12.5. The van der Waals surface area contributed by atoms with E-state index in [1.165, 1.54) is 18.2 Å². The smallest absolute Gasteiger partial charge is 0.261 e. The summed E-state index contributed by atoms with van der Waals surface area (Å²) in [6.45, 7) is 1.07. The number of hydrogen-bond acceptors (Lipinski definition) is 4. The number of sulfonamides is 1. The lowest BCUT2D eigenvalue weighted by molar-refractivity contribution is 0.204. The molecule has 0 unspecified atom stereocenters. The monoisotopic (exact) mass is 399 g/mol. The van der Waals surface area contributed by atoms with E-state index in [1.54, 1.807) is 37.4 Å². The van der Waals surface area contributed by atoms with Crippen molar-refractivity contribution >= 4 is 50.3 Å². The molecular weight excluding hydrogens is 382 g/mol. The maximum Gasteiger partial charge on any atom is 0.261 e. The molecule has 0 radical (unpaired) electrons. The fourth-order valence-electron chi connectivity index (χ4n) is 1.95. The van der Waals surface area contributed by atoms with Gasteiger partial charge in [-0.15, -0.1) is 0 Å². The molecular formula is C16H18ClN3O3S2. The molecule has 134 valence electrons. The molecule has 2 rings (SSSR count). The second-order valence-electron chi connectivity index (χ2n) is 5.02. The number of halogens is 1. The number of methoxy groups -OCH3 is 1. The molecule has 3 N–H and O–H groups in total. The van der Waals surface area contributed by atoms with Crippen molar-refractivity contribution in [3.05, 3.63) is 53.6 Å². The van der Waals surface area contributed by atoms with Crippen LogP contribution >= 0.6 is 23.8 Å². The van der Waals surface area contributed by atoms with Gasteiger partial charge in [0.2, 0.25) is 0 Å². The molecule has 0 aliphatic carbocycles. The average Bonchev–Trinajstić information content (AvgIpc) is 2.55. The molecule has 0 spiro atoms. The van der Waals surface area contributed by atoms with E-state index in [0.29, 0.717) is 34.7 Å². The summed E-state index contributed by atoms with van der Waals surface area (Å²) in [6.07, 6.45) is 0. The van der Waals surface area contributed by atoms with Gasteiger partial charge < -0.3 is 15.4 Å². The average molecular weight is 400 g/mol. The molecule has 6 nitrogen and oxygen atoms in total. The third-order valence-corrected chi connectivity index (χ3v) is 4.93. The minimum atomic E-state index is -3.74. The van der Waals surface area contributed by atoms with Gasteiger partial charge in [0.15, 0.2) is 5.11 Å². The van der Waals surface area contributed by atoms with E-state index in [-0.39, 0.29) is 4.90 Å². The summed E-state index contributed by atoms with van der Waals surface area (Å²) in [5.74, 6) is 0. The van der Waals surface area contributed by atoms with E-state index >= 15 is 0 Å². The Kier molecular flexibility index (Phi) is 7.01. The van der Waals surface area contributed by atoms with Crippen LogP contribution in [0.25, 0.3) is 0 Å². The van der Waals surface area contributed by atoms with Crippen molar-refractivity contribution in [1.82, 2.24) is 5.32 Å². The molecule has 0 aromatic heterocycles. The molecule has 25 heavy (non-hydrogen) atoms. The summed E-state index contributed by atoms with van der Waals surface area (Å²) in [5, 5.41) is 6.72. The maximum absolute atomic E-state index is 12.5. The quantitative estimate of drug-likeness (QED) is 0.490. The molecule has 0 bridgehead atoms. The summed E-state index contributed by atoms with van der Waals surface area (Å²) < 4.78 is 32.4. The van der Waals surface area contributed by atoms with Crippen LogP contribution in [-0.2, 0) is 14.8 Å². The summed E-state index contributed by atoms with van der Waals surface area (Å²) >= 11 is 11.0. The van der Waals surface area contributed by atoms with Gasteiger partial charge in [-0.05, 0) is 48.6 Å². The number of benzene rings is 2. The molecule has 0 atom stereocenters. The van der Waals surface area contributed by atoms with Gasteiger partial charge in [0, 0.05) is 24.4 Å². The Bertz CT molecular complexity index is 844. The predicted molar refractivity (Wildman–Crippen MR) is 105 cm³/mol. The fourth-order valence-corrected chi connectivity index (χ4v) is 3.45. The number of nitrogens with one attached hydrogen (secondary N) is 3. The molecule has 9 heteroatoms. The van der Waals surface area contributed by atoms with Gasteiger partial charge in [0.05, 0.1) is 17.2 Å². The first-order valence-corrected chi connectivity index (χ1v) is 9.60. The highest BCUT2D eigenvalue weighted by molar-refractivity contribution is 7.92. The van der Waals surface area contributed by atoms with Crippen LogP contribution in [0.15, 0.2) is 53.4 Å². The van der Waals surface area contributed by atoms with Crippen LogP contribution < -0.4 is 15.4 Å². The Morgan fingerprint density at radius 2 is 1.88 bits per heavy atom. The Morgan fingerprint density at radius 3 is 2.60 bits per heavy atom. The van der Waals surface area contributed by atoms with Crippen LogP contribution in [0, 0.1) is 0 Å². The van der Waals surface area contributed by atoms with Crippen molar-refractivity contribution in [2.75, 3.05) is 30.3 Å². The third-order valence-electron chi connectivity index (χ3n) is 3.07. The first-order valence-electron chi connectivity index (χ1n) is 7.33. The summed E-state index contributed by atoms with van der Waals surface area (Å²) in [7, 11) is -2.14. The van der Waals surface area contributed by atoms with E-state index < -0.39 is 10.0 Å². The Morgan fingerprint density at radius 1 is 1.16 bits per heavy atom. The van der Waals surface area contributed by atoms with Crippen LogP contribution in [0.2, 0.25) is 5.02 Å². The van der Waals surface area contributed by atoms with E-state index in [2.05, 4.69) is 15.4 Å². The van der Waals surface area contributed by atoms with Crippen LogP contribution in [0.5, 0.6) is 0 Å². The van der Waals surface area contributed by atoms with Crippen molar-refractivity contribution in [2.45, 2.75) is 4.90 Å². The SMILES string of the molecule is COCCNC(=S)Nc1cccc(S(=O)(=O)Nc2cccc(Cl)c2)c1. The largest absolute Gasteiger partial charge is 0.383 e. The van der Waals surface area contributed by atoms with Crippen molar-refractivity contribution < 1.29 is 13.2 Å². The normalized spacial score (nSPS) is 11.0. The van der Waals surface area contributed by atoms with Crippen molar-refractivity contribution in [1.29, 1.82) is 0 Å². The summed E-state index contributed by atoms with van der Waals surface area (Å²) in [6, 6.07) is 12.9. The first kappa shape index (κ1) is 19.5. The second-order valence-corrected chi connectivity index (χ2v) is 7.54. The van der Waals surface area contributed by atoms with Gasteiger partial charge in [-0.3, -0.25) is 4.72 Å². The standard InChI is InChI=1S/C16H18ClN3O3S2/c1-23-9-8-18-16(24)19-13-5-3-7-15(11-13)25(21,22)20-14-6-2-4-12(17)10-14/h2-7,10-11,20H,8-9H2,1H3,(H2,18,19,24). The molecule has 2 aromatic rings. The zero-order chi connectivity index (χ0) is 18.3. The van der Waals surface area contributed by atoms with Crippen molar-refractivity contribution in [3.8, 4) is 0 Å². The van der Waals surface area contributed by atoms with Gasteiger partial charge in [-0.1, -0.05) is 23.7 Å². The number of rotatable bonds is 7. The minimum absolute atomic E-state index is 0.108. The van der Waals surface area contributed by atoms with E-state index in [4.69, 9.17) is 28.6 Å². The number of anilines is 2. The Balaban J connectivity index is 2.10. The molecule has 0 saturated carbocycles. The van der Waals surface area contributed by atoms with Crippen LogP contribution in [0.3, 0.4) is 0 Å². The van der Waals surface area contributed by atoms with Gasteiger partial charge in [0.25, 0.3) is 10.0 Å². The number of ether oxygens (including phenoxy) is 1. The second kappa shape index (κ2) is 9.00. The van der Waals surface area contributed by atoms with Gasteiger partial charge in [-0.2, -0.15) is 0 Å². The highest BCUT2D eigenvalue weighted by Crippen LogP contribution is 2.21. The lowest BCUT2D eigenvalue weighted by Gasteiger charge is -2.12. The molecule has 0 saturated heterocycles. The van der Waals surface area contributed by atoms with E-state index in [9.17, 15) is 8.42 Å². The van der Waals surface area contributed by atoms with Crippen LogP contribution in [-0.4, -0.2) is 33.8 Å². The topological polar surface area (TPSA) is 79.5 Å². The molecule has 0 aliphatic rings. The molecule has 0 amide bonds. The first-order chi connectivity index (χ1) is 11.9. The highest BCUT2D eigenvalue weighted by Gasteiger charge is 2.15. The van der Waals surface area contributed by atoms with Crippen molar-refractivity contribution in [3.63, 3.8) is 0 Å². The van der Waals surface area contributed by atoms with Crippen molar-refractivity contribution in [2.24, 2.45) is 0 Å². The third kappa shape index (κ3) is 6.17. The van der Waals surface area contributed by atoms with E-state index in [0.717, 1.165) is 0 Å². The fraction of sp³-hybridized carbons (Fsp3) is 0.188. The Labute approximate surface area is 157 Å². The summed E-state index contributed by atoms with van der Waals surface area (Å²) in [4.78, 5) is 0.108. The van der Waals surface area contributed by atoms with Crippen LogP contribution in [0.1, 0.15) is 0 Å². The van der Waals surface area contributed by atoms with Gasteiger partial charge in [-0.25, -0.2) is 8.42 Å². The number of thiocarbonyl (C=S) groups is 1. The molecule has 0 fully saturated rings. The van der Waals surface area contributed by atoms with Gasteiger partial charge in [0.1, 0.15) is 0 Å². The lowest BCUT2D eigenvalue weighted by atomic mass is 10.3. The lowest BCUT2D eigenvalue weighted by Crippen LogP contribution is -2.31.